The van der Waals surface area contributed by atoms with Crippen molar-refractivity contribution in [3.8, 4) is 17.1 Å². The molecule has 38 heavy (non-hydrogen) atoms. The van der Waals surface area contributed by atoms with Crippen LogP contribution in [0, 0.1) is 0 Å². The van der Waals surface area contributed by atoms with Gasteiger partial charge in [-0.05, 0) is 17.7 Å². The highest BCUT2D eigenvalue weighted by Crippen LogP contribution is 2.35. The first-order valence-corrected chi connectivity index (χ1v) is 12.4. The number of aromatic amines is 1. The number of aromatic nitrogens is 3. The van der Waals surface area contributed by atoms with Gasteiger partial charge in [0.05, 0.1) is 7.11 Å². The zero-order chi connectivity index (χ0) is 27.4. The molecule has 0 spiro atoms. The van der Waals surface area contributed by atoms with E-state index in [9.17, 15) is 24.3 Å². The second-order valence-corrected chi connectivity index (χ2v) is 9.28. The van der Waals surface area contributed by atoms with Crippen LogP contribution in [0.3, 0.4) is 0 Å². The third-order valence-corrected chi connectivity index (χ3v) is 6.63. The van der Waals surface area contributed by atoms with Crippen molar-refractivity contribution >= 4 is 39.9 Å². The molecule has 0 aliphatic heterocycles. The van der Waals surface area contributed by atoms with Crippen molar-refractivity contribution in [1.82, 2.24) is 14.5 Å². The number of thiazole rings is 1. The van der Waals surface area contributed by atoms with Crippen molar-refractivity contribution in [3.05, 3.63) is 81.7 Å². The molecule has 4 aromatic rings. The molecule has 2 atom stereocenters. The van der Waals surface area contributed by atoms with E-state index in [2.05, 4.69) is 25.3 Å². The van der Waals surface area contributed by atoms with E-state index in [0.717, 1.165) is 21.5 Å². The molecule has 0 fully saturated rings. The Labute approximate surface area is 221 Å². The standard InChI is InChI=1S/C26H25N5O6S/c1-14(16-7-5-4-6-8-16)21(22(33)30-25-28-19(13-38-25)24(35)37-3)31-23(34)20(29-26(31)36)17-9-11-18(12-10-17)27-15(2)32/h4-14,21,34H,1-3H3,(H,27,32)(H,29,36)(H,28,30,33)/t14-,21-/m0/s1. The molecule has 0 saturated heterocycles. The quantitative estimate of drug-likeness (QED) is 0.251. The summed E-state index contributed by atoms with van der Waals surface area (Å²) < 4.78 is 5.66. The van der Waals surface area contributed by atoms with E-state index in [0.29, 0.717) is 11.3 Å². The molecular formula is C26H25N5O6S. The minimum atomic E-state index is -1.18. The number of hydrogen-bond acceptors (Lipinski definition) is 8. The Morgan fingerprint density at radius 2 is 1.76 bits per heavy atom. The lowest BCUT2D eigenvalue weighted by atomic mass is 9.92. The second-order valence-electron chi connectivity index (χ2n) is 8.42. The smallest absolute Gasteiger partial charge is 0.357 e. The van der Waals surface area contributed by atoms with Crippen LogP contribution in [-0.4, -0.2) is 44.5 Å². The number of rotatable bonds is 8. The third kappa shape index (κ3) is 5.49. The molecule has 0 unspecified atom stereocenters. The summed E-state index contributed by atoms with van der Waals surface area (Å²) in [6, 6.07) is 14.4. The Balaban J connectivity index is 1.73. The first-order chi connectivity index (χ1) is 18.2. The molecule has 2 aromatic heterocycles. The molecule has 0 bridgehead atoms. The molecule has 2 heterocycles. The lowest BCUT2D eigenvalue weighted by molar-refractivity contribution is -0.120. The molecule has 4 N–H and O–H groups in total. The van der Waals surface area contributed by atoms with Crippen LogP contribution in [0.4, 0.5) is 10.8 Å². The number of anilines is 2. The monoisotopic (exact) mass is 535 g/mol. The van der Waals surface area contributed by atoms with Gasteiger partial charge in [-0.2, -0.15) is 0 Å². The van der Waals surface area contributed by atoms with Gasteiger partial charge in [0.1, 0.15) is 11.7 Å². The lowest BCUT2D eigenvalue weighted by Gasteiger charge is -2.24. The maximum absolute atomic E-state index is 13.6. The minimum absolute atomic E-state index is 0.0344. The average molecular weight is 536 g/mol. The summed E-state index contributed by atoms with van der Waals surface area (Å²) in [5.41, 5.74) is 1.24. The van der Waals surface area contributed by atoms with Gasteiger partial charge in [-0.25, -0.2) is 19.1 Å². The molecule has 0 radical (unpaired) electrons. The van der Waals surface area contributed by atoms with E-state index >= 15 is 0 Å². The fourth-order valence-corrected chi connectivity index (χ4v) is 4.72. The van der Waals surface area contributed by atoms with Crippen LogP contribution in [0.2, 0.25) is 0 Å². The molecule has 2 amide bonds. The van der Waals surface area contributed by atoms with E-state index in [1.807, 2.05) is 30.3 Å². The summed E-state index contributed by atoms with van der Waals surface area (Å²) in [6.45, 7) is 3.15. The van der Waals surface area contributed by atoms with Gasteiger partial charge >= 0.3 is 11.7 Å². The van der Waals surface area contributed by atoms with E-state index in [4.69, 9.17) is 0 Å². The fourth-order valence-electron chi connectivity index (χ4n) is 4.04. The number of carbonyl (C=O) groups excluding carboxylic acids is 3. The molecule has 4 rings (SSSR count). The molecule has 0 saturated carbocycles. The van der Waals surface area contributed by atoms with Crippen LogP contribution in [0.1, 0.15) is 41.9 Å². The summed E-state index contributed by atoms with van der Waals surface area (Å²) in [5, 5.41) is 18.1. The molecule has 0 aliphatic carbocycles. The highest BCUT2D eigenvalue weighted by Gasteiger charge is 2.34. The van der Waals surface area contributed by atoms with Crippen molar-refractivity contribution in [1.29, 1.82) is 0 Å². The van der Waals surface area contributed by atoms with Gasteiger partial charge in [0.2, 0.25) is 17.7 Å². The molecular weight excluding hydrogens is 510 g/mol. The van der Waals surface area contributed by atoms with Gasteiger partial charge in [-0.1, -0.05) is 49.4 Å². The molecule has 11 nitrogen and oxygen atoms in total. The van der Waals surface area contributed by atoms with Crippen molar-refractivity contribution in [3.63, 3.8) is 0 Å². The number of aromatic hydroxyl groups is 1. The lowest BCUT2D eigenvalue weighted by Crippen LogP contribution is -2.35. The van der Waals surface area contributed by atoms with Gasteiger partial charge in [0.25, 0.3) is 0 Å². The van der Waals surface area contributed by atoms with Gasteiger partial charge in [0.15, 0.2) is 10.8 Å². The van der Waals surface area contributed by atoms with E-state index in [1.54, 1.807) is 31.2 Å². The highest BCUT2D eigenvalue weighted by atomic mass is 32.1. The summed E-state index contributed by atoms with van der Waals surface area (Å²) in [6.07, 6.45) is 0. The van der Waals surface area contributed by atoms with Crippen molar-refractivity contribution in [2.75, 3.05) is 17.7 Å². The number of carbonyl (C=O) groups is 3. The number of ether oxygens (including phenoxy) is 1. The van der Waals surface area contributed by atoms with Gasteiger partial charge in [0, 0.05) is 29.5 Å². The maximum atomic E-state index is 13.6. The van der Waals surface area contributed by atoms with Crippen molar-refractivity contribution in [2.24, 2.45) is 0 Å². The summed E-state index contributed by atoms with van der Waals surface area (Å²) >= 11 is 1.03. The Bertz CT molecular complexity index is 1520. The molecule has 196 valence electrons. The first-order valence-electron chi connectivity index (χ1n) is 11.5. The number of imidazole rings is 1. The number of H-pyrrole nitrogens is 1. The number of nitrogens with one attached hydrogen (secondary N) is 3. The topological polar surface area (TPSA) is 155 Å². The van der Waals surface area contributed by atoms with Crippen LogP contribution in [0.15, 0.2) is 64.8 Å². The van der Waals surface area contributed by atoms with Crippen molar-refractivity contribution in [2.45, 2.75) is 25.8 Å². The van der Waals surface area contributed by atoms with Crippen LogP contribution >= 0.6 is 11.3 Å². The fraction of sp³-hybridized carbons (Fsp3) is 0.192. The van der Waals surface area contributed by atoms with Crippen LogP contribution < -0.4 is 16.3 Å². The SMILES string of the molecule is COC(=O)c1csc(NC(=O)[C@H]([C@@H](C)c2ccccc2)n2c(O)c(-c3ccc(NC(C)=O)cc3)[nH]c2=O)n1. The third-order valence-electron chi connectivity index (χ3n) is 5.87. The Kier molecular flexibility index (Phi) is 7.72. The zero-order valence-electron chi connectivity index (χ0n) is 20.7. The number of methoxy groups -OCH3 is 1. The van der Waals surface area contributed by atoms with Gasteiger partial charge in [-0.15, -0.1) is 11.3 Å². The van der Waals surface area contributed by atoms with Crippen molar-refractivity contribution < 1.29 is 24.2 Å². The van der Waals surface area contributed by atoms with E-state index in [1.165, 1.54) is 19.4 Å². The number of nitrogens with zero attached hydrogens (tertiary/aromatic N) is 2. The minimum Gasteiger partial charge on any atom is -0.493 e. The highest BCUT2D eigenvalue weighted by molar-refractivity contribution is 7.14. The predicted octanol–water partition coefficient (Wildman–Crippen LogP) is 3.73. The Morgan fingerprint density at radius 1 is 1.08 bits per heavy atom. The first kappa shape index (κ1) is 26.4. The Hall–Kier alpha value is -4.71. The zero-order valence-corrected chi connectivity index (χ0v) is 21.5. The van der Waals surface area contributed by atoms with Gasteiger partial charge < -0.3 is 25.5 Å². The maximum Gasteiger partial charge on any atom is 0.357 e. The van der Waals surface area contributed by atoms with Crippen LogP contribution in [-0.2, 0) is 14.3 Å². The molecule has 2 aromatic carbocycles. The predicted molar refractivity (Wildman–Crippen MR) is 142 cm³/mol. The largest absolute Gasteiger partial charge is 0.493 e. The van der Waals surface area contributed by atoms with E-state index < -0.39 is 35.4 Å². The summed E-state index contributed by atoms with van der Waals surface area (Å²) in [5.74, 6) is -2.48. The van der Waals surface area contributed by atoms with Crippen LogP contribution in [0.5, 0.6) is 5.88 Å². The average Bonchev–Trinajstić information content (AvgIpc) is 3.49. The number of amides is 2. The van der Waals surface area contributed by atoms with Gasteiger partial charge in [-0.3, -0.25) is 9.59 Å². The number of hydrogen-bond donors (Lipinski definition) is 4. The summed E-state index contributed by atoms with van der Waals surface area (Å²) in [4.78, 5) is 56.5. The number of esters is 1. The number of benzene rings is 2. The Morgan fingerprint density at radius 3 is 2.39 bits per heavy atom. The van der Waals surface area contributed by atoms with E-state index in [-0.39, 0.29) is 22.4 Å². The van der Waals surface area contributed by atoms with Crippen LogP contribution in [0.25, 0.3) is 11.3 Å². The second kappa shape index (κ2) is 11.1. The summed E-state index contributed by atoms with van der Waals surface area (Å²) in [7, 11) is 1.23. The molecule has 0 aliphatic rings. The normalized spacial score (nSPS) is 12.4. The molecule has 12 heteroatoms.